The number of amides is 1. The van der Waals surface area contributed by atoms with E-state index in [1.807, 2.05) is 0 Å². The normalized spacial score (nSPS) is 17.3. The van der Waals surface area contributed by atoms with Crippen LogP contribution in [0, 0.1) is 5.82 Å². The van der Waals surface area contributed by atoms with Gasteiger partial charge in [-0.05, 0) is 36.4 Å². The molecule has 0 atom stereocenters. The summed E-state index contributed by atoms with van der Waals surface area (Å²) in [5.41, 5.74) is 0.568. The molecule has 0 radical (unpaired) electrons. The summed E-state index contributed by atoms with van der Waals surface area (Å²) in [5, 5.41) is 8.39. The van der Waals surface area contributed by atoms with Gasteiger partial charge in [0.05, 0.1) is 23.9 Å². The van der Waals surface area contributed by atoms with Crippen LogP contribution in [0.25, 0.3) is 0 Å². The number of furan rings is 1. The topological polar surface area (TPSA) is 58.2 Å². The van der Waals surface area contributed by atoms with Gasteiger partial charge in [-0.15, -0.1) is 5.10 Å². The second kappa shape index (κ2) is 5.92. The first-order valence-corrected chi connectivity index (χ1v) is 7.08. The molecular formula is C14H10FN3O2S. The Balaban J connectivity index is 1.83. The van der Waals surface area contributed by atoms with Crippen LogP contribution in [-0.4, -0.2) is 23.0 Å². The lowest BCUT2D eigenvalue weighted by molar-refractivity contribution is -0.115. The molecule has 1 aromatic heterocycles. The Bertz CT molecular complexity index is 696. The van der Waals surface area contributed by atoms with Crippen molar-refractivity contribution in [2.75, 3.05) is 10.7 Å². The quantitative estimate of drug-likeness (QED) is 0.647. The molecule has 5 nitrogen and oxygen atoms in total. The van der Waals surface area contributed by atoms with E-state index in [-0.39, 0.29) is 17.5 Å². The van der Waals surface area contributed by atoms with E-state index in [0.29, 0.717) is 16.6 Å². The van der Waals surface area contributed by atoms with Crippen molar-refractivity contribution < 1.29 is 13.6 Å². The Morgan fingerprint density at radius 3 is 2.81 bits per heavy atom. The number of hydrogen-bond donors (Lipinski definition) is 0. The van der Waals surface area contributed by atoms with Crippen LogP contribution in [0.1, 0.15) is 5.76 Å². The van der Waals surface area contributed by atoms with E-state index in [1.54, 1.807) is 12.1 Å². The van der Waals surface area contributed by atoms with Crippen molar-refractivity contribution in [2.45, 2.75) is 0 Å². The van der Waals surface area contributed by atoms with E-state index in [9.17, 15) is 9.18 Å². The Hall–Kier alpha value is -2.41. The van der Waals surface area contributed by atoms with Crippen LogP contribution >= 0.6 is 11.8 Å². The van der Waals surface area contributed by atoms with Crippen LogP contribution in [0.5, 0.6) is 0 Å². The van der Waals surface area contributed by atoms with Gasteiger partial charge in [0.2, 0.25) is 5.91 Å². The fraction of sp³-hybridized carbons (Fsp3) is 0.0714. The smallest absolute Gasteiger partial charge is 0.243 e. The number of anilines is 1. The van der Waals surface area contributed by atoms with Gasteiger partial charge in [-0.1, -0.05) is 11.8 Å². The summed E-state index contributed by atoms with van der Waals surface area (Å²) in [6.45, 7) is 0. The molecule has 106 valence electrons. The van der Waals surface area contributed by atoms with Crippen molar-refractivity contribution in [2.24, 2.45) is 10.2 Å². The van der Waals surface area contributed by atoms with Gasteiger partial charge in [-0.25, -0.2) is 4.39 Å². The molecule has 1 aromatic carbocycles. The molecule has 21 heavy (non-hydrogen) atoms. The van der Waals surface area contributed by atoms with Crippen LogP contribution in [0.4, 0.5) is 10.1 Å². The first-order valence-electron chi connectivity index (χ1n) is 6.10. The second-order valence-corrected chi connectivity index (χ2v) is 5.08. The number of carbonyl (C=O) groups excluding carboxylic acids is 1. The molecule has 0 aliphatic carbocycles. The average Bonchev–Trinajstić information content (AvgIpc) is 3.11. The summed E-state index contributed by atoms with van der Waals surface area (Å²) in [4.78, 5) is 13.3. The van der Waals surface area contributed by atoms with Crippen molar-refractivity contribution >= 4 is 34.7 Å². The number of carbonyl (C=O) groups is 1. The van der Waals surface area contributed by atoms with E-state index < -0.39 is 0 Å². The SMILES string of the molecule is O=C1CS/C(=N/N=C\c2ccco2)N1c1ccc(F)cc1. The third-order valence-electron chi connectivity index (χ3n) is 2.72. The highest BCUT2D eigenvalue weighted by atomic mass is 32.2. The number of halogens is 1. The van der Waals surface area contributed by atoms with E-state index in [2.05, 4.69) is 10.2 Å². The van der Waals surface area contributed by atoms with E-state index in [4.69, 9.17) is 4.42 Å². The summed E-state index contributed by atoms with van der Waals surface area (Å²) in [5.74, 6) is 0.389. The standard InChI is InChI=1S/C14H10FN3O2S/c15-10-3-5-11(6-4-10)18-13(19)9-21-14(18)17-16-8-12-2-1-7-20-12/h1-8H,9H2/b16-8-,17-14+. The molecule has 1 saturated heterocycles. The molecular weight excluding hydrogens is 293 g/mol. The molecule has 2 aromatic rings. The minimum absolute atomic E-state index is 0.112. The van der Waals surface area contributed by atoms with Crippen molar-refractivity contribution in [3.63, 3.8) is 0 Å². The van der Waals surface area contributed by atoms with Crippen LogP contribution in [-0.2, 0) is 4.79 Å². The van der Waals surface area contributed by atoms with Gasteiger partial charge < -0.3 is 4.42 Å². The number of benzene rings is 1. The maximum Gasteiger partial charge on any atom is 0.243 e. The Labute approximate surface area is 124 Å². The van der Waals surface area contributed by atoms with Gasteiger partial charge in [-0.2, -0.15) is 5.10 Å². The maximum atomic E-state index is 13.0. The lowest BCUT2D eigenvalue weighted by atomic mass is 10.3. The third-order valence-corrected chi connectivity index (χ3v) is 3.64. The summed E-state index contributed by atoms with van der Waals surface area (Å²) >= 11 is 1.28. The number of thioether (sulfide) groups is 1. The van der Waals surface area contributed by atoms with Crippen LogP contribution in [0.2, 0.25) is 0 Å². The molecule has 0 bridgehead atoms. The number of nitrogens with zero attached hydrogens (tertiary/aromatic N) is 3. The predicted molar refractivity (Wildman–Crippen MR) is 80.1 cm³/mol. The molecule has 2 heterocycles. The van der Waals surface area contributed by atoms with Gasteiger partial charge in [0.25, 0.3) is 0 Å². The second-order valence-electron chi connectivity index (χ2n) is 4.14. The maximum absolute atomic E-state index is 13.0. The number of amidine groups is 1. The molecule has 0 N–H and O–H groups in total. The molecule has 7 heteroatoms. The Morgan fingerprint density at radius 2 is 2.10 bits per heavy atom. The highest BCUT2D eigenvalue weighted by Crippen LogP contribution is 2.26. The minimum Gasteiger partial charge on any atom is -0.463 e. The largest absolute Gasteiger partial charge is 0.463 e. The summed E-state index contributed by atoms with van der Waals surface area (Å²) < 4.78 is 18.1. The van der Waals surface area contributed by atoms with Gasteiger partial charge in [-0.3, -0.25) is 9.69 Å². The zero-order valence-corrected chi connectivity index (χ0v) is 11.6. The number of hydrogen-bond acceptors (Lipinski definition) is 5. The summed E-state index contributed by atoms with van der Waals surface area (Å²) in [7, 11) is 0. The van der Waals surface area contributed by atoms with Crippen LogP contribution in [0.3, 0.4) is 0 Å². The molecule has 3 rings (SSSR count). The first-order chi connectivity index (χ1) is 10.2. The Kier molecular flexibility index (Phi) is 3.83. The lowest BCUT2D eigenvalue weighted by Crippen LogP contribution is -2.29. The van der Waals surface area contributed by atoms with E-state index >= 15 is 0 Å². The molecule has 0 spiro atoms. The zero-order chi connectivity index (χ0) is 14.7. The molecule has 1 fully saturated rings. The predicted octanol–water partition coefficient (Wildman–Crippen LogP) is 2.89. The Morgan fingerprint density at radius 1 is 1.29 bits per heavy atom. The van der Waals surface area contributed by atoms with Crippen molar-refractivity contribution in [3.8, 4) is 0 Å². The van der Waals surface area contributed by atoms with Gasteiger partial charge in [0.15, 0.2) is 5.17 Å². The van der Waals surface area contributed by atoms with Crippen molar-refractivity contribution in [1.82, 2.24) is 0 Å². The summed E-state index contributed by atoms with van der Waals surface area (Å²) in [6, 6.07) is 9.15. The van der Waals surface area contributed by atoms with Gasteiger partial charge in [0, 0.05) is 0 Å². The van der Waals surface area contributed by atoms with Crippen molar-refractivity contribution in [3.05, 3.63) is 54.2 Å². The van der Waals surface area contributed by atoms with Crippen LogP contribution < -0.4 is 4.90 Å². The molecule has 1 aliphatic heterocycles. The fourth-order valence-electron chi connectivity index (χ4n) is 1.78. The molecule has 0 saturated carbocycles. The number of rotatable bonds is 3. The monoisotopic (exact) mass is 303 g/mol. The molecule has 0 unspecified atom stereocenters. The van der Waals surface area contributed by atoms with Crippen LogP contribution in [0.15, 0.2) is 57.3 Å². The van der Waals surface area contributed by atoms with E-state index in [1.165, 1.54) is 53.4 Å². The summed E-state index contributed by atoms with van der Waals surface area (Å²) in [6.07, 6.45) is 2.99. The molecule has 1 amide bonds. The average molecular weight is 303 g/mol. The third kappa shape index (κ3) is 3.03. The molecule has 1 aliphatic rings. The van der Waals surface area contributed by atoms with E-state index in [0.717, 1.165) is 0 Å². The minimum atomic E-state index is -0.354. The zero-order valence-electron chi connectivity index (χ0n) is 10.8. The highest BCUT2D eigenvalue weighted by Gasteiger charge is 2.29. The van der Waals surface area contributed by atoms with Crippen molar-refractivity contribution in [1.29, 1.82) is 0 Å². The highest BCUT2D eigenvalue weighted by molar-refractivity contribution is 8.15. The van der Waals surface area contributed by atoms with Gasteiger partial charge in [0.1, 0.15) is 11.6 Å². The lowest BCUT2D eigenvalue weighted by Gasteiger charge is -2.14. The fourth-order valence-corrected chi connectivity index (χ4v) is 2.60. The van der Waals surface area contributed by atoms with Gasteiger partial charge >= 0.3 is 0 Å². The first kappa shape index (κ1) is 13.6.